The van der Waals surface area contributed by atoms with Gasteiger partial charge in [0.2, 0.25) is 11.8 Å². The Balaban J connectivity index is 0.000000177. The highest BCUT2D eigenvalue weighted by Gasteiger charge is 2.42. The molecule has 6 saturated heterocycles. The Labute approximate surface area is 612 Å². The Kier molecular flexibility index (Phi) is 19.5. The van der Waals surface area contributed by atoms with Crippen molar-refractivity contribution in [3.8, 4) is 0 Å². The minimum Gasteiger partial charge on any atom is -0.453 e. The number of likely N-dealkylation sites (tertiary alicyclic amines) is 2. The smallest absolute Gasteiger partial charge is 0.407 e. The molecule has 3 amide bonds. The van der Waals surface area contributed by atoms with Crippen LogP contribution in [0.2, 0.25) is 0 Å². The Hall–Kier alpha value is -9.07. The number of hydrogen-bond donors (Lipinski definition) is 7. The number of benzene rings is 6. The van der Waals surface area contributed by atoms with Crippen molar-refractivity contribution in [2.45, 2.75) is 218 Å². The lowest BCUT2D eigenvalue weighted by atomic mass is 9.87. The van der Waals surface area contributed by atoms with E-state index in [9.17, 15) is 14.4 Å². The average Bonchev–Trinajstić information content (AvgIpc) is 1.41. The number of rotatable bonds is 15. The molecule has 19 nitrogen and oxygen atoms in total. The summed E-state index contributed by atoms with van der Waals surface area (Å²) in [5, 5.41) is 9.93. The largest absolute Gasteiger partial charge is 0.453 e. The second-order valence-electron chi connectivity index (χ2n) is 33.3. The van der Waals surface area contributed by atoms with E-state index in [0.29, 0.717) is 18.6 Å². The van der Waals surface area contributed by atoms with Gasteiger partial charge in [-0.2, -0.15) is 0 Å². The summed E-state index contributed by atoms with van der Waals surface area (Å²) in [5.74, 6) is 4.04. The molecule has 104 heavy (non-hydrogen) atoms. The van der Waals surface area contributed by atoms with Crippen LogP contribution in [-0.2, 0) is 25.2 Å². The van der Waals surface area contributed by atoms with Crippen LogP contribution in [-0.4, -0.2) is 107 Å². The molecule has 6 aromatic carbocycles. The quantitative estimate of drug-likeness (QED) is 0.0509. The van der Waals surface area contributed by atoms with E-state index in [1.165, 1.54) is 64.7 Å². The maximum absolute atomic E-state index is 13.9. The fourth-order valence-corrected chi connectivity index (χ4v) is 17.5. The van der Waals surface area contributed by atoms with Crippen LogP contribution in [0.3, 0.4) is 0 Å². The highest BCUT2D eigenvalue weighted by Crippen LogP contribution is 2.51. The van der Waals surface area contributed by atoms with Gasteiger partial charge in [0.15, 0.2) is 0 Å². The predicted molar refractivity (Wildman–Crippen MR) is 415 cm³/mol. The fraction of sp³-hybridized carbons (Fsp3) is 0.494. The number of imidazole rings is 4. The van der Waals surface area contributed by atoms with E-state index >= 15 is 0 Å². The molecule has 19 heteroatoms. The van der Waals surface area contributed by atoms with Gasteiger partial charge < -0.3 is 60.2 Å². The molecule has 10 aromatic rings. The van der Waals surface area contributed by atoms with E-state index in [1.807, 2.05) is 30.6 Å². The first-order chi connectivity index (χ1) is 50.0. The van der Waals surface area contributed by atoms with Crippen molar-refractivity contribution in [1.82, 2.24) is 65.6 Å². The van der Waals surface area contributed by atoms with Gasteiger partial charge in [-0.15, -0.1) is 0 Å². The van der Waals surface area contributed by atoms with Crippen molar-refractivity contribution in [3.63, 3.8) is 0 Å². The van der Waals surface area contributed by atoms with Crippen molar-refractivity contribution in [3.05, 3.63) is 178 Å². The number of amides is 3. The SMILES string of the molecule is CC(C)(C)c1ccc(N2C(c3ccc4nc(C5CCCN5)[nH]c4c3)CCC2c2ccc3nc(C4CCCN4)[nH]c3c2)cc1.COC(=O)N[C@H](C(=O)N1CCCC1c1nc2ccc(C3CCC(c4ccc5nc(C6CCCN6C(=O)[C@@H](C)C(C)C)[nH]c5c4)N3c3ccc(C(C)(C)C)cc3)cc2[nH]1)C(C)C. The number of ether oxygens (including phenoxy) is 1. The van der Waals surface area contributed by atoms with Crippen molar-refractivity contribution >= 4 is 73.4 Å². The molecular weight excluding hydrogens is 1300 g/mol. The molecule has 0 saturated carbocycles. The molecular formula is C85H107N15O4. The zero-order valence-electron chi connectivity index (χ0n) is 63.0. The summed E-state index contributed by atoms with van der Waals surface area (Å²) in [6.07, 6.45) is 11.8. The van der Waals surface area contributed by atoms with Crippen LogP contribution in [0.5, 0.6) is 0 Å². The van der Waals surface area contributed by atoms with E-state index in [-0.39, 0.29) is 76.6 Å². The molecule has 16 rings (SSSR count). The highest BCUT2D eigenvalue weighted by molar-refractivity contribution is 5.87. The van der Waals surface area contributed by atoms with Crippen molar-refractivity contribution in [2.24, 2.45) is 17.8 Å². The summed E-state index contributed by atoms with van der Waals surface area (Å²) in [6.45, 7) is 27.3. The monoisotopic (exact) mass is 1400 g/mol. The normalized spacial score (nSPS) is 23.0. The zero-order chi connectivity index (χ0) is 72.5. The average molecular weight is 1400 g/mol. The highest BCUT2D eigenvalue weighted by atomic mass is 16.5. The summed E-state index contributed by atoms with van der Waals surface area (Å²) < 4.78 is 4.83. The summed E-state index contributed by atoms with van der Waals surface area (Å²) in [5.41, 5.74) is 18.5. The van der Waals surface area contributed by atoms with E-state index in [0.717, 1.165) is 151 Å². The lowest BCUT2D eigenvalue weighted by Gasteiger charge is -2.34. The molecule has 0 radical (unpaired) electrons. The van der Waals surface area contributed by atoms with Gasteiger partial charge in [-0.1, -0.05) is 125 Å². The third kappa shape index (κ3) is 14.0. The minimum atomic E-state index is -0.689. The Morgan fingerprint density at radius 2 is 0.788 bits per heavy atom. The van der Waals surface area contributed by atoms with Crippen LogP contribution in [0, 0.1) is 17.8 Å². The van der Waals surface area contributed by atoms with Crippen molar-refractivity contribution in [2.75, 3.05) is 43.1 Å². The molecule has 6 aliphatic heterocycles. The molecule has 8 unspecified atom stereocenters. The topological polar surface area (TPSA) is 224 Å². The fourth-order valence-electron chi connectivity index (χ4n) is 17.5. The molecule has 6 aliphatic rings. The van der Waals surface area contributed by atoms with Gasteiger partial charge in [0.1, 0.15) is 29.3 Å². The molecule has 6 fully saturated rings. The molecule has 0 aliphatic carbocycles. The Morgan fingerprint density at radius 1 is 0.433 bits per heavy atom. The van der Waals surface area contributed by atoms with Gasteiger partial charge in [0.25, 0.3) is 0 Å². The number of aromatic nitrogens is 8. The van der Waals surface area contributed by atoms with Crippen LogP contribution < -0.4 is 25.8 Å². The third-order valence-corrected chi connectivity index (χ3v) is 23.7. The van der Waals surface area contributed by atoms with Crippen LogP contribution in [0.25, 0.3) is 44.1 Å². The minimum absolute atomic E-state index is 0.0273. The number of carbonyl (C=O) groups is 3. The molecule has 4 aromatic heterocycles. The number of alkyl carbamates (subject to hydrolysis) is 1. The van der Waals surface area contributed by atoms with Crippen LogP contribution >= 0.6 is 0 Å². The molecule has 10 atom stereocenters. The van der Waals surface area contributed by atoms with Gasteiger partial charge >= 0.3 is 6.09 Å². The van der Waals surface area contributed by atoms with Crippen LogP contribution in [0.15, 0.2) is 121 Å². The van der Waals surface area contributed by atoms with Crippen molar-refractivity contribution < 1.29 is 19.1 Å². The number of H-pyrrole nitrogens is 4. The number of nitrogens with zero attached hydrogens (tertiary/aromatic N) is 8. The summed E-state index contributed by atoms with van der Waals surface area (Å²) >= 11 is 0. The molecule has 0 bridgehead atoms. The maximum atomic E-state index is 13.9. The first-order valence-electron chi connectivity index (χ1n) is 38.7. The van der Waals surface area contributed by atoms with Gasteiger partial charge in [0.05, 0.1) is 99.6 Å². The summed E-state index contributed by atoms with van der Waals surface area (Å²) in [6, 6.07) is 45.9. The molecule has 7 N–H and O–H groups in total. The maximum Gasteiger partial charge on any atom is 0.407 e. The number of aromatic amines is 4. The number of nitrogens with one attached hydrogen (secondary N) is 7. The lowest BCUT2D eigenvalue weighted by molar-refractivity contribution is -0.137. The van der Waals surface area contributed by atoms with Crippen LogP contribution in [0.1, 0.15) is 258 Å². The second-order valence-corrected chi connectivity index (χ2v) is 33.3. The van der Waals surface area contributed by atoms with E-state index < -0.39 is 12.1 Å². The number of methoxy groups -OCH3 is 1. The molecule has 10 heterocycles. The van der Waals surface area contributed by atoms with E-state index in [4.69, 9.17) is 24.7 Å². The van der Waals surface area contributed by atoms with E-state index in [1.54, 1.807) is 0 Å². The summed E-state index contributed by atoms with van der Waals surface area (Å²) in [7, 11) is 1.31. The summed E-state index contributed by atoms with van der Waals surface area (Å²) in [4.78, 5) is 83.3. The van der Waals surface area contributed by atoms with Gasteiger partial charge in [-0.05, 0) is 219 Å². The molecule has 546 valence electrons. The van der Waals surface area contributed by atoms with E-state index in [2.05, 4.69) is 222 Å². The number of hydrogen-bond acceptors (Lipinski definition) is 12. The predicted octanol–water partition coefficient (Wildman–Crippen LogP) is 17.5. The van der Waals surface area contributed by atoms with Gasteiger partial charge in [-0.25, -0.2) is 24.7 Å². The zero-order valence-corrected chi connectivity index (χ0v) is 63.0. The molecule has 0 spiro atoms. The first kappa shape index (κ1) is 70.6. The third-order valence-electron chi connectivity index (χ3n) is 23.7. The number of fused-ring (bicyclic) bond motifs is 4. The number of anilines is 2. The van der Waals surface area contributed by atoms with Gasteiger partial charge in [-0.3, -0.25) is 9.59 Å². The number of carbonyl (C=O) groups excluding carboxylic acids is 3. The van der Waals surface area contributed by atoms with Crippen molar-refractivity contribution in [1.29, 1.82) is 0 Å². The second kappa shape index (κ2) is 28.8. The standard InChI is InChI=1S/C49H64N8O4.C36H43N7/c1-28(2)30(5)46(58)55-24-10-12-41(55)44-50-35-20-14-31(26-37(35)52-44)39-22-23-40(57(39)34-18-16-33(17-19-34)49(6,7)8)32-15-21-36-38(27-32)53-45(51-36)42-13-11-25-56(42)47(59)43(29(3)4)54-48(60)61-9;1-36(2,3)24-10-12-25(13-11-24)43-32(22-8-14-26-30(20-22)41-34(39-26)28-6-4-18-37-28)16-17-33(43)23-9-15-27-31(21-23)42-35(40-27)29-7-5-19-38-29/h14-21,26-30,39-43H,10-13,22-25H2,1-9H3,(H,50,52)(H,51,53)(H,54,60);8-15,20-21,28-29,32-33,37-38H,4-7,16-19H2,1-3H3,(H,39,41)(H,40,42)/t30-,39?,40?,41?,42?,43-;/m0./s1. The Morgan fingerprint density at radius 3 is 1.12 bits per heavy atom. The van der Waals surface area contributed by atoms with Gasteiger partial charge in [0, 0.05) is 30.4 Å². The lowest BCUT2D eigenvalue weighted by Crippen LogP contribution is -2.51. The first-order valence-corrected chi connectivity index (χ1v) is 38.7. The van der Waals surface area contributed by atoms with Crippen LogP contribution in [0.4, 0.5) is 16.2 Å². The Bertz CT molecular complexity index is 4630.